The number of pyridine rings is 1. The fourth-order valence-electron chi connectivity index (χ4n) is 3.91. The number of carbonyl (C=O) groups is 2. The summed E-state index contributed by atoms with van der Waals surface area (Å²) >= 11 is 0. The minimum atomic E-state index is -0.730. The summed E-state index contributed by atoms with van der Waals surface area (Å²) in [6.45, 7) is 0.287. The molecule has 2 aromatic carbocycles. The Morgan fingerprint density at radius 2 is 1.84 bits per heavy atom. The number of hydrogen-bond acceptors (Lipinski definition) is 6. The number of likely N-dealkylation sites (tertiary alicyclic amines) is 1. The molecule has 0 aliphatic carbocycles. The minimum absolute atomic E-state index is 0.0407. The maximum absolute atomic E-state index is 13.1. The van der Waals surface area contributed by atoms with Crippen LogP contribution in [0.2, 0.25) is 0 Å². The second-order valence-electron chi connectivity index (χ2n) is 7.27. The van der Waals surface area contributed by atoms with Crippen LogP contribution in [0.4, 0.5) is 0 Å². The van der Waals surface area contributed by atoms with E-state index in [0.717, 1.165) is 11.1 Å². The number of ketones is 1. The molecule has 1 amide bonds. The van der Waals surface area contributed by atoms with Crippen LogP contribution in [0.3, 0.4) is 0 Å². The summed E-state index contributed by atoms with van der Waals surface area (Å²) in [6, 6.07) is 17.0. The molecule has 2 aliphatic rings. The van der Waals surface area contributed by atoms with E-state index in [4.69, 9.17) is 9.47 Å². The van der Waals surface area contributed by atoms with E-state index in [9.17, 15) is 14.7 Å². The number of rotatable bonds is 4. The molecule has 5 rings (SSSR count). The molecule has 2 aliphatic heterocycles. The Hall–Kier alpha value is -4.13. The summed E-state index contributed by atoms with van der Waals surface area (Å²) in [5.74, 6) is -0.606. The quantitative estimate of drug-likeness (QED) is 0.400. The molecule has 0 radical (unpaired) electrons. The van der Waals surface area contributed by atoms with E-state index in [1.54, 1.807) is 36.7 Å². The molecule has 7 heteroatoms. The first-order valence-electron chi connectivity index (χ1n) is 9.76. The lowest BCUT2D eigenvalue weighted by molar-refractivity contribution is -0.140. The summed E-state index contributed by atoms with van der Waals surface area (Å²) < 4.78 is 10.7. The van der Waals surface area contributed by atoms with E-state index in [0.29, 0.717) is 17.1 Å². The third-order valence-electron chi connectivity index (χ3n) is 5.38. The molecule has 1 fully saturated rings. The average Bonchev–Trinajstić information content (AvgIpc) is 3.38. The van der Waals surface area contributed by atoms with Gasteiger partial charge in [0.25, 0.3) is 11.7 Å². The van der Waals surface area contributed by atoms with Crippen molar-refractivity contribution in [2.45, 2.75) is 12.6 Å². The van der Waals surface area contributed by atoms with Gasteiger partial charge in [-0.25, -0.2) is 0 Å². The second-order valence-corrected chi connectivity index (χ2v) is 7.27. The molecule has 0 spiro atoms. The predicted octanol–water partition coefficient (Wildman–Crippen LogP) is 3.43. The third-order valence-corrected chi connectivity index (χ3v) is 5.38. The molecular weight excluding hydrogens is 396 g/mol. The van der Waals surface area contributed by atoms with E-state index < -0.39 is 17.7 Å². The number of amides is 1. The molecule has 0 bridgehead atoms. The largest absolute Gasteiger partial charge is 0.507 e. The van der Waals surface area contributed by atoms with Crippen LogP contribution in [0.5, 0.6) is 11.5 Å². The number of nitrogens with zero attached hydrogens (tertiary/aromatic N) is 2. The number of hydrogen-bond donors (Lipinski definition) is 1. The number of aliphatic hydroxyl groups is 1. The highest BCUT2D eigenvalue weighted by atomic mass is 16.7. The van der Waals surface area contributed by atoms with Crippen molar-refractivity contribution in [2.24, 2.45) is 0 Å². The van der Waals surface area contributed by atoms with Crippen LogP contribution in [-0.4, -0.2) is 33.5 Å². The zero-order chi connectivity index (χ0) is 21.4. The van der Waals surface area contributed by atoms with Gasteiger partial charge in [0.05, 0.1) is 11.6 Å². The third kappa shape index (κ3) is 3.30. The topological polar surface area (TPSA) is 89.0 Å². The number of benzene rings is 2. The van der Waals surface area contributed by atoms with Crippen LogP contribution in [0, 0.1) is 0 Å². The molecule has 31 heavy (non-hydrogen) atoms. The van der Waals surface area contributed by atoms with Crippen molar-refractivity contribution < 1.29 is 24.2 Å². The van der Waals surface area contributed by atoms with Crippen LogP contribution in [-0.2, 0) is 16.1 Å². The van der Waals surface area contributed by atoms with E-state index in [-0.39, 0.29) is 24.7 Å². The van der Waals surface area contributed by atoms with Gasteiger partial charge in [0.2, 0.25) is 6.79 Å². The molecule has 7 nitrogen and oxygen atoms in total. The highest BCUT2D eigenvalue weighted by Crippen LogP contribution is 2.41. The van der Waals surface area contributed by atoms with E-state index in [1.807, 2.05) is 36.4 Å². The lowest BCUT2D eigenvalue weighted by atomic mass is 9.95. The number of carbonyl (C=O) groups excluding carboxylic acids is 2. The summed E-state index contributed by atoms with van der Waals surface area (Å²) in [4.78, 5) is 31.6. The number of ether oxygens (including phenoxy) is 2. The SMILES string of the molecule is O=C1C(=O)N(Cc2cccnc2)C(c2ccccc2)/C1=C(\O)c1ccc2c(c1)OCO2. The Morgan fingerprint density at radius 1 is 1.03 bits per heavy atom. The Balaban J connectivity index is 1.63. The first-order valence-corrected chi connectivity index (χ1v) is 9.76. The maximum atomic E-state index is 13.1. The van der Waals surface area contributed by atoms with Crippen LogP contribution in [0.15, 0.2) is 78.6 Å². The fourth-order valence-corrected chi connectivity index (χ4v) is 3.91. The molecule has 1 saturated heterocycles. The number of Topliss-reactive ketones (excluding diaryl/α,β-unsaturated/α-hetero) is 1. The molecule has 1 aromatic heterocycles. The van der Waals surface area contributed by atoms with Gasteiger partial charge in [0, 0.05) is 24.5 Å². The molecule has 154 valence electrons. The highest BCUT2D eigenvalue weighted by Gasteiger charge is 2.46. The van der Waals surface area contributed by atoms with E-state index in [1.165, 1.54) is 4.90 Å². The molecule has 3 heterocycles. The average molecular weight is 414 g/mol. The van der Waals surface area contributed by atoms with Gasteiger partial charge in [-0.2, -0.15) is 0 Å². The van der Waals surface area contributed by atoms with E-state index in [2.05, 4.69) is 4.98 Å². The Labute approximate surface area is 178 Å². The molecule has 0 saturated carbocycles. The first kappa shape index (κ1) is 18.9. The molecule has 1 N–H and O–H groups in total. The van der Waals surface area contributed by atoms with Gasteiger partial charge in [-0.1, -0.05) is 36.4 Å². The highest BCUT2D eigenvalue weighted by molar-refractivity contribution is 6.46. The van der Waals surface area contributed by atoms with Crippen molar-refractivity contribution in [2.75, 3.05) is 6.79 Å². The van der Waals surface area contributed by atoms with Crippen molar-refractivity contribution in [3.63, 3.8) is 0 Å². The monoisotopic (exact) mass is 414 g/mol. The van der Waals surface area contributed by atoms with Crippen LogP contribution in [0.1, 0.15) is 22.7 Å². The van der Waals surface area contributed by atoms with Crippen molar-refractivity contribution >= 4 is 17.4 Å². The van der Waals surface area contributed by atoms with Gasteiger partial charge in [0.1, 0.15) is 5.76 Å². The minimum Gasteiger partial charge on any atom is -0.507 e. The van der Waals surface area contributed by atoms with Gasteiger partial charge in [-0.15, -0.1) is 0 Å². The molecule has 3 aromatic rings. The summed E-state index contributed by atoms with van der Waals surface area (Å²) in [6.07, 6.45) is 3.30. The van der Waals surface area contributed by atoms with Gasteiger partial charge in [-0.3, -0.25) is 14.6 Å². The van der Waals surface area contributed by atoms with Crippen molar-refractivity contribution in [3.8, 4) is 11.5 Å². The Bertz CT molecular complexity index is 1190. The van der Waals surface area contributed by atoms with Crippen LogP contribution in [0.25, 0.3) is 5.76 Å². The first-order chi connectivity index (χ1) is 15.1. The summed E-state index contributed by atoms with van der Waals surface area (Å²) in [5.41, 5.74) is 1.93. The second kappa shape index (κ2) is 7.60. The van der Waals surface area contributed by atoms with E-state index >= 15 is 0 Å². The van der Waals surface area contributed by atoms with Gasteiger partial charge in [0.15, 0.2) is 11.5 Å². The lowest BCUT2D eigenvalue weighted by Gasteiger charge is -2.25. The zero-order valence-corrected chi connectivity index (χ0v) is 16.4. The van der Waals surface area contributed by atoms with Gasteiger partial charge in [-0.05, 0) is 35.4 Å². The van der Waals surface area contributed by atoms with Crippen molar-refractivity contribution in [1.29, 1.82) is 0 Å². The van der Waals surface area contributed by atoms with Crippen molar-refractivity contribution in [3.05, 3.63) is 95.3 Å². The lowest BCUT2D eigenvalue weighted by Crippen LogP contribution is -2.29. The van der Waals surface area contributed by atoms with Crippen molar-refractivity contribution in [1.82, 2.24) is 9.88 Å². The maximum Gasteiger partial charge on any atom is 0.295 e. The smallest absolute Gasteiger partial charge is 0.295 e. The van der Waals surface area contributed by atoms with Crippen LogP contribution < -0.4 is 9.47 Å². The summed E-state index contributed by atoms with van der Waals surface area (Å²) in [5, 5.41) is 11.1. The fraction of sp³-hybridized carbons (Fsp3) is 0.125. The number of aromatic nitrogens is 1. The van der Waals surface area contributed by atoms with Crippen LogP contribution >= 0.6 is 0 Å². The zero-order valence-electron chi connectivity index (χ0n) is 16.4. The number of aliphatic hydroxyl groups excluding tert-OH is 1. The van der Waals surface area contributed by atoms with Gasteiger partial charge >= 0.3 is 0 Å². The number of fused-ring (bicyclic) bond motifs is 1. The molecular formula is C24H18N2O5. The Morgan fingerprint density at radius 3 is 2.61 bits per heavy atom. The normalized spacial score (nSPS) is 19.1. The standard InChI is InChI=1S/C24H18N2O5/c27-22(17-8-9-18-19(11-17)31-14-30-18)20-21(16-6-2-1-3-7-16)26(24(29)23(20)28)13-15-5-4-10-25-12-15/h1-12,21,27H,13-14H2/b22-20+. The molecule has 1 atom stereocenters. The summed E-state index contributed by atoms with van der Waals surface area (Å²) in [7, 11) is 0. The molecule has 1 unspecified atom stereocenters. The van der Waals surface area contributed by atoms with Gasteiger partial charge < -0.3 is 19.5 Å². The predicted molar refractivity (Wildman–Crippen MR) is 111 cm³/mol. The Kier molecular flexibility index (Phi) is 4.63.